The number of carbonyl (C=O) groups excluding carboxylic acids is 1. The van der Waals surface area contributed by atoms with Gasteiger partial charge in [0.2, 0.25) is 0 Å². The SMILES string of the molecule is COC(=O)C(c1ccc(O)cc1)C(C)C. The summed E-state index contributed by atoms with van der Waals surface area (Å²) in [7, 11) is 1.39. The minimum Gasteiger partial charge on any atom is -0.508 e. The Kier molecular flexibility index (Phi) is 3.72. The monoisotopic (exact) mass is 208 g/mol. The molecule has 0 aromatic heterocycles. The lowest BCUT2D eigenvalue weighted by atomic mass is 9.88. The Morgan fingerprint density at radius 1 is 1.27 bits per heavy atom. The summed E-state index contributed by atoms with van der Waals surface area (Å²) in [5.41, 5.74) is 0.870. The van der Waals surface area contributed by atoms with E-state index in [1.54, 1.807) is 24.3 Å². The van der Waals surface area contributed by atoms with Gasteiger partial charge in [-0.3, -0.25) is 4.79 Å². The quantitative estimate of drug-likeness (QED) is 0.775. The molecule has 0 heterocycles. The highest BCUT2D eigenvalue weighted by atomic mass is 16.5. The molecule has 0 aliphatic carbocycles. The van der Waals surface area contributed by atoms with E-state index in [1.165, 1.54) is 7.11 Å². The number of rotatable bonds is 3. The number of phenolic OH excluding ortho intramolecular Hbond substituents is 1. The van der Waals surface area contributed by atoms with Gasteiger partial charge in [0.1, 0.15) is 5.75 Å². The fraction of sp³-hybridized carbons (Fsp3) is 0.417. The lowest BCUT2D eigenvalue weighted by molar-refractivity contribution is -0.143. The van der Waals surface area contributed by atoms with Crippen LogP contribution < -0.4 is 0 Å². The summed E-state index contributed by atoms with van der Waals surface area (Å²) >= 11 is 0. The Labute approximate surface area is 89.7 Å². The van der Waals surface area contributed by atoms with Gasteiger partial charge in [-0.25, -0.2) is 0 Å². The standard InChI is InChI=1S/C12H16O3/c1-8(2)11(12(14)15-3)9-4-6-10(13)7-5-9/h4-8,11,13H,1-3H3. The molecule has 1 rings (SSSR count). The molecule has 3 nitrogen and oxygen atoms in total. The van der Waals surface area contributed by atoms with Crippen molar-refractivity contribution in [2.45, 2.75) is 19.8 Å². The highest BCUT2D eigenvalue weighted by molar-refractivity contribution is 5.78. The van der Waals surface area contributed by atoms with Crippen LogP contribution in [0.25, 0.3) is 0 Å². The largest absolute Gasteiger partial charge is 0.508 e. The van der Waals surface area contributed by atoms with Gasteiger partial charge >= 0.3 is 5.97 Å². The van der Waals surface area contributed by atoms with Crippen molar-refractivity contribution in [1.82, 2.24) is 0 Å². The Morgan fingerprint density at radius 3 is 2.20 bits per heavy atom. The molecule has 0 bridgehead atoms. The van der Waals surface area contributed by atoms with Crippen LogP contribution in [0.2, 0.25) is 0 Å². The molecule has 1 aromatic carbocycles. The number of hydrogen-bond donors (Lipinski definition) is 1. The molecule has 0 aliphatic heterocycles. The van der Waals surface area contributed by atoms with E-state index in [0.29, 0.717) is 0 Å². The minimum atomic E-state index is -0.268. The van der Waals surface area contributed by atoms with Crippen LogP contribution in [0.4, 0.5) is 0 Å². The molecule has 1 aromatic rings. The molecule has 0 radical (unpaired) electrons. The Hall–Kier alpha value is -1.51. The van der Waals surface area contributed by atoms with Crippen LogP contribution in [0, 0.1) is 5.92 Å². The number of phenols is 1. The second-order valence-corrected chi connectivity index (χ2v) is 3.84. The highest BCUT2D eigenvalue weighted by Gasteiger charge is 2.24. The fourth-order valence-corrected chi connectivity index (χ4v) is 1.60. The van der Waals surface area contributed by atoms with Crippen LogP contribution in [-0.4, -0.2) is 18.2 Å². The van der Waals surface area contributed by atoms with Gasteiger partial charge in [-0.1, -0.05) is 26.0 Å². The summed E-state index contributed by atoms with van der Waals surface area (Å²) in [4.78, 5) is 11.6. The first-order valence-corrected chi connectivity index (χ1v) is 4.93. The summed E-state index contributed by atoms with van der Waals surface area (Å²) in [5, 5.41) is 9.16. The first-order valence-electron chi connectivity index (χ1n) is 4.93. The van der Waals surface area contributed by atoms with Crippen LogP contribution in [0.15, 0.2) is 24.3 Å². The van der Waals surface area contributed by atoms with Gasteiger partial charge in [-0.2, -0.15) is 0 Å². The van der Waals surface area contributed by atoms with Crippen molar-refractivity contribution in [2.24, 2.45) is 5.92 Å². The molecule has 1 N–H and O–H groups in total. The molecule has 0 saturated heterocycles. The van der Waals surface area contributed by atoms with Gasteiger partial charge < -0.3 is 9.84 Å². The lowest BCUT2D eigenvalue weighted by Crippen LogP contribution is -2.19. The second kappa shape index (κ2) is 4.82. The maximum absolute atomic E-state index is 11.6. The number of hydrogen-bond acceptors (Lipinski definition) is 3. The third-order valence-electron chi connectivity index (χ3n) is 2.37. The maximum atomic E-state index is 11.6. The number of ether oxygens (including phenoxy) is 1. The van der Waals surface area contributed by atoms with E-state index in [4.69, 9.17) is 9.84 Å². The van der Waals surface area contributed by atoms with Gasteiger partial charge in [0, 0.05) is 0 Å². The van der Waals surface area contributed by atoms with E-state index in [2.05, 4.69) is 0 Å². The molecular weight excluding hydrogens is 192 g/mol. The zero-order valence-electron chi connectivity index (χ0n) is 9.23. The normalized spacial score (nSPS) is 12.5. The molecule has 3 heteroatoms. The van der Waals surface area contributed by atoms with Crippen molar-refractivity contribution >= 4 is 5.97 Å². The van der Waals surface area contributed by atoms with E-state index in [9.17, 15) is 4.79 Å². The van der Waals surface area contributed by atoms with E-state index >= 15 is 0 Å². The Balaban J connectivity index is 2.99. The maximum Gasteiger partial charge on any atom is 0.313 e. The zero-order valence-corrected chi connectivity index (χ0v) is 9.23. The number of methoxy groups -OCH3 is 1. The third kappa shape index (κ3) is 2.72. The smallest absolute Gasteiger partial charge is 0.313 e. The molecule has 15 heavy (non-hydrogen) atoms. The van der Waals surface area contributed by atoms with Crippen molar-refractivity contribution < 1.29 is 14.6 Å². The van der Waals surface area contributed by atoms with Gasteiger partial charge in [0.15, 0.2) is 0 Å². The average Bonchev–Trinajstić information content (AvgIpc) is 2.20. The van der Waals surface area contributed by atoms with Crippen molar-refractivity contribution in [2.75, 3.05) is 7.11 Å². The summed E-state index contributed by atoms with van der Waals surface area (Å²) in [6, 6.07) is 6.65. The van der Waals surface area contributed by atoms with Gasteiger partial charge in [-0.05, 0) is 23.6 Å². The predicted octanol–water partition coefficient (Wildman–Crippen LogP) is 2.30. The zero-order chi connectivity index (χ0) is 11.4. The predicted molar refractivity (Wildman–Crippen MR) is 57.7 cm³/mol. The van der Waals surface area contributed by atoms with Gasteiger partial charge in [-0.15, -0.1) is 0 Å². The molecule has 0 saturated carbocycles. The lowest BCUT2D eigenvalue weighted by Gasteiger charge is -2.18. The van der Waals surface area contributed by atoms with Crippen LogP contribution in [0.1, 0.15) is 25.3 Å². The molecule has 0 aliphatic rings. The molecule has 0 spiro atoms. The van der Waals surface area contributed by atoms with E-state index in [0.717, 1.165) is 5.56 Å². The van der Waals surface area contributed by atoms with Crippen molar-refractivity contribution in [3.8, 4) is 5.75 Å². The first-order chi connectivity index (χ1) is 7.06. The second-order valence-electron chi connectivity index (χ2n) is 3.84. The van der Waals surface area contributed by atoms with Crippen LogP contribution >= 0.6 is 0 Å². The molecule has 1 atom stereocenters. The molecular formula is C12H16O3. The van der Waals surface area contributed by atoms with Crippen molar-refractivity contribution in [1.29, 1.82) is 0 Å². The average molecular weight is 208 g/mol. The van der Waals surface area contributed by atoms with Crippen LogP contribution in [-0.2, 0) is 9.53 Å². The van der Waals surface area contributed by atoms with E-state index in [1.807, 2.05) is 13.8 Å². The van der Waals surface area contributed by atoms with E-state index in [-0.39, 0.29) is 23.6 Å². The number of esters is 1. The van der Waals surface area contributed by atoms with Gasteiger partial charge in [0.25, 0.3) is 0 Å². The topological polar surface area (TPSA) is 46.5 Å². The third-order valence-corrected chi connectivity index (χ3v) is 2.37. The molecule has 1 unspecified atom stereocenters. The molecule has 0 fully saturated rings. The summed E-state index contributed by atoms with van der Waals surface area (Å²) < 4.78 is 4.76. The highest BCUT2D eigenvalue weighted by Crippen LogP contribution is 2.26. The summed E-state index contributed by atoms with van der Waals surface area (Å²) in [6.45, 7) is 3.93. The number of aromatic hydroxyl groups is 1. The van der Waals surface area contributed by atoms with Crippen molar-refractivity contribution in [3.05, 3.63) is 29.8 Å². The summed E-state index contributed by atoms with van der Waals surface area (Å²) in [6.07, 6.45) is 0. The molecule has 82 valence electrons. The Morgan fingerprint density at radius 2 is 1.80 bits per heavy atom. The number of carbonyl (C=O) groups is 1. The molecule has 0 amide bonds. The van der Waals surface area contributed by atoms with E-state index < -0.39 is 0 Å². The fourth-order valence-electron chi connectivity index (χ4n) is 1.60. The van der Waals surface area contributed by atoms with Crippen molar-refractivity contribution in [3.63, 3.8) is 0 Å². The van der Waals surface area contributed by atoms with Crippen LogP contribution in [0.5, 0.6) is 5.75 Å². The Bertz CT molecular complexity index is 327. The van der Waals surface area contributed by atoms with Crippen LogP contribution in [0.3, 0.4) is 0 Å². The minimum absolute atomic E-state index is 0.169. The first kappa shape index (κ1) is 11.6. The van der Waals surface area contributed by atoms with Gasteiger partial charge in [0.05, 0.1) is 13.0 Å². The summed E-state index contributed by atoms with van der Waals surface area (Å²) in [5.74, 6) is -0.139. The number of benzene rings is 1.